The molecule has 4 aromatic rings. The maximum Gasteiger partial charge on any atom is 0.402 e. The smallest absolute Gasteiger partial charge is 0.402 e. The van der Waals surface area contributed by atoms with Crippen LogP contribution < -0.4 is 10.5 Å². The summed E-state index contributed by atoms with van der Waals surface area (Å²) in [7, 11) is -3.33. The first kappa shape index (κ1) is 28.8. The molecule has 0 fully saturated rings. The van der Waals surface area contributed by atoms with Crippen molar-refractivity contribution in [3.63, 3.8) is 0 Å². The highest BCUT2D eigenvalue weighted by atomic mass is 31.2. The molecule has 11 heteroatoms. The van der Waals surface area contributed by atoms with E-state index in [0.29, 0.717) is 16.3 Å². The number of hydrogen-bond acceptors (Lipinski definition) is 8. The second kappa shape index (κ2) is 11.5. The maximum atomic E-state index is 15.2. The van der Waals surface area contributed by atoms with E-state index in [1.807, 2.05) is 30.3 Å². The van der Waals surface area contributed by atoms with Gasteiger partial charge in [-0.15, -0.1) is 0 Å². The maximum absolute atomic E-state index is 15.2. The summed E-state index contributed by atoms with van der Waals surface area (Å²) in [5, 5.41) is 11.9. The van der Waals surface area contributed by atoms with Crippen molar-refractivity contribution in [2.45, 2.75) is 44.9 Å². The van der Waals surface area contributed by atoms with Crippen LogP contribution in [0.15, 0.2) is 54.7 Å². The van der Waals surface area contributed by atoms with Crippen LogP contribution in [0.2, 0.25) is 0 Å². The molecule has 0 aliphatic rings. The van der Waals surface area contributed by atoms with Crippen molar-refractivity contribution in [2.75, 3.05) is 26.1 Å². The number of halogens is 2. The number of aliphatic hydroxyl groups excluding tert-OH is 1. The van der Waals surface area contributed by atoms with Crippen LogP contribution >= 0.6 is 7.60 Å². The molecule has 2 atom stereocenters. The normalized spacial score (nSPS) is 14.0. The molecule has 0 radical (unpaired) electrons. The monoisotopic (exact) mass is 559 g/mol. The second-order valence-electron chi connectivity index (χ2n) is 9.22. The Balaban J connectivity index is 1.71. The summed E-state index contributed by atoms with van der Waals surface area (Å²) in [5.74, 6) is 1.03. The molecule has 8 nitrogen and oxygen atoms in total. The molecule has 39 heavy (non-hydrogen) atoms. The number of rotatable bonds is 11. The average molecular weight is 560 g/mol. The summed E-state index contributed by atoms with van der Waals surface area (Å²) in [6.45, 7) is 4.39. The van der Waals surface area contributed by atoms with E-state index in [4.69, 9.17) is 19.5 Å². The Hall–Kier alpha value is -3.17. The number of nitrogens with zero attached hydrogens (tertiary/aromatic N) is 2. The van der Waals surface area contributed by atoms with Gasteiger partial charge in [0.15, 0.2) is 11.9 Å². The van der Waals surface area contributed by atoms with Crippen LogP contribution in [-0.2, 0) is 20.0 Å². The summed E-state index contributed by atoms with van der Waals surface area (Å²) >= 11 is 0. The molecule has 3 N–H and O–H groups in total. The fourth-order valence-corrected chi connectivity index (χ4v) is 6.06. The van der Waals surface area contributed by atoms with Gasteiger partial charge in [-0.25, -0.2) is 4.98 Å². The number of anilines is 1. The van der Waals surface area contributed by atoms with Crippen LogP contribution in [0.3, 0.4) is 0 Å². The first-order chi connectivity index (χ1) is 18.5. The lowest BCUT2D eigenvalue weighted by Gasteiger charge is -2.29. The van der Waals surface area contributed by atoms with Crippen molar-refractivity contribution in [3.05, 3.63) is 71.4 Å². The first-order valence-electron chi connectivity index (χ1n) is 12.6. The third-order valence-corrected chi connectivity index (χ3v) is 8.75. The summed E-state index contributed by atoms with van der Waals surface area (Å²) in [5.41, 5.74) is 4.67. The highest BCUT2D eigenvalue weighted by Crippen LogP contribution is 2.66. The van der Waals surface area contributed by atoms with E-state index in [-0.39, 0.29) is 36.0 Å². The molecule has 0 spiro atoms. The van der Waals surface area contributed by atoms with Gasteiger partial charge in [0.1, 0.15) is 11.3 Å². The Morgan fingerprint density at radius 1 is 1.03 bits per heavy atom. The second-order valence-corrected chi connectivity index (χ2v) is 11.3. The van der Waals surface area contributed by atoms with Crippen LogP contribution in [0.1, 0.15) is 49.5 Å². The number of alkyl halides is 2. The van der Waals surface area contributed by atoms with Crippen molar-refractivity contribution >= 4 is 35.2 Å². The lowest BCUT2D eigenvalue weighted by atomic mass is 9.93. The quantitative estimate of drug-likeness (QED) is 0.156. The zero-order valence-corrected chi connectivity index (χ0v) is 23.1. The fraction of sp³-hybridized carbons (Fsp3) is 0.357. The Labute approximate surface area is 225 Å². The largest absolute Gasteiger partial charge is 0.497 e. The molecular formula is C28H32F2N3O5P. The Morgan fingerprint density at radius 2 is 1.69 bits per heavy atom. The number of fused-ring (bicyclic) bond motifs is 3. The van der Waals surface area contributed by atoms with Gasteiger partial charge in [-0.3, -0.25) is 9.55 Å². The minimum Gasteiger partial charge on any atom is -0.497 e. The Kier molecular flexibility index (Phi) is 8.51. The van der Waals surface area contributed by atoms with E-state index >= 15 is 8.78 Å². The number of nitrogen functional groups attached to an aromatic ring is 1. The highest BCUT2D eigenvalue weighted by molar-refractivity contribution is 7.55. The van der Waals surface area contributed by atoms with Gasteiger partial charge < -0.3 is 24.6 Å². The van der Waals surface area contributed by atoms with Gasteiger partial charge in [0.05, 0.1) is 25.8 Å². The first-order valence-corrected chi connectivity index (χ1v) is 14.2. The van der Waals surface area contributed by atoms with Crippen LogP contribution in [0.5, 0.6) is 5.75 Å². The van der Waals surface area contributed by atoms with Crippen LogP contribution in [0.4, 0.5) is 14.6 Å². The van der Waals surface area contributed by atoms with E-state index < -0.39 is 19.4 Å². The predicted octanol–water partition coefficient (Wildman–Crippen LogP) is 6.61. The van der Waals surface area contributed by atoms with Gasteiger partial charge >= 0.3 is 13.3 Å². The molecule has 0 saturated carbocycles. The average Bonchev–Trinajstić information content (AvgIpc) is 2.92. The molecule has 2 aromatic heterocycles. The number of methoxy groups -OCH3 is 1. The lowest BCUT2D eigenvalue weighted by Crippen LogP contribution is -2.28. The van der Waals surface area contributed by atoms with Crippen molar-refractivity contribution < 1.29 is 32.2 Å². The van der Waals surface area contributed by atoms with Gasteiger partial charge in [-0.05, 0) is 67.1 Å². The zero-order chi connectivity index (χ0) is 28.4. The number of aromatic nitrogens is 2. The summed E-state index contributed by atoms with van der Waals surface area (Å²) in [6.07, 6.45) is 0.0670. The number of hydrogen-bond donors (Lipinski definition) is 2. The molecule has 208 valence electrons. The molecular weight excluding hydrogens is 527 g/mol. The topological polar surface area (TPSA) is 117 Å². The van der Waals surface area contributed by atoms with E-state index in [9.17, 15) is 9.67 Å². The Morgan fingerprint density at radius 3 is 2.31 bits per heavy atom. The van der Waals surface area contributed by atoms with Crippen molar-refractivity contribution in [3.8, 4) is 5.75 Å². The van der Waals surface area contributed by atoms with E-state index in [1.54, 1.807) is 19.4 Å². The molecule has 2 heterocycles. The van der Waals surface area contributed by atoms with E-state index in [1.165, 1.54) is 26.0 Å². The molecule has 0 aliphatic heterocycles. The SMILES string of the molecule is CCOP(=O)(OCC)C(F)(F)C(O)c1ccc2c(c1)nc(N)c1ncc(C(C)Cc3ccc(OC)cc3)cc12. The molecule has 0 bridgehead atoms. The van der Waals surface area contributed by atoms with Crippen LogP contribution in [0.25, 0.3) is 21.8 Å². The van der Waals surface area contributed by atoms with Gasteiger partial charge in [-0.2, -0.15) is 8.78 Å². The number of benzene rings is 2. The standard InChI is InChI=1S/C28H32F2N3O5P/c1-5-37-39(35,38-6-2)28(29,30)26(34)19-9-12-22-23-14-20(16-32-25(23)27(31)33-24(22)15-19)17(3)13-18-7-10-21(36-4)11-8-18/h7-12,14-17,26,34H,5-6,13H2,1-4H3,(H2,31,33). The summed E-state index contributed by atoms with van der Waals surface area (Å²) < 4.78 is 58.0. The molecule has 0 saturated heterocycles. The number of pyridine rings is 2. The third-order valence-electron chi connectivity index (χ3n) is 6.58. The minimum atomic E-state index is -4.95. The zero-order valence-electron chi connectivity index (χ0n) is 22.2. The van der Waals surface area contributed by atoms with Crippen LogP contribution in [0, 0.1) is 0 Å². The number of aliphatic hydroxyl groups is 1. The molecule has 4 rings (SSSR count). The van der Waals surface area contributed by atoms with Crippen LogP contribution in [-0.4, -0.2) is 41.1 Å². The Bertz CT molecular complexity index is 1510. The number of ether oxygens (including phenoxy) is 1. The van der Waals surface area contributed by atoms with E-state index in [0.717, 1.165) is 23.3 Å². The minimum absolute atomic E-state index is 0.116. The molecule has 0 amide bonds. The lowest BCUT2D eigenvalue weighted by molar-refractivity contribution is -0.0676. The van der Waals surface area contributed by atoms with Crippen molar-refractivity contribution in [1.29, 1.82) is 0 Å². The summed E-state index contributed by atoms with van der Waals surface area (Å²) in [6, 6.07) is 14.0. The van der Waals surface area contributed by atoms with E-state index in [2.05, 4.69) is 16.9 Å². The summed E-state index contributed by atoms with van der Waals surface area (Å²) in [4.78, 5) is 8.88. The highest BCUT2D eigenvalue weighted by Gasteiger charge is 2.59. The van der Waals surface area contributed by atoms with Gasteiger partial charge in [0, 0.05) is 17.0 Å². The third kappa shape index (κ3) is 5.61. The van der Waals surface area contributed by atoms with Gasteiger partial charge in [0.25, 0.3) is 0 Å². The van der Waals surface area contributed by atoms with Gasteiger partial charge in [-0.1, -0.05) is 31.2 Å². The van der Waals surface area contributed by atoms with Gasteiger partial charge in [0.2, 0.25) is 0 Å². The number of nitrogens with two attached hydrogens (primary N) is 1. The van der Waals surface area contributed by atoms with Crippen molar-refractivity contribution in [2.24, 2.45) is 0 Å². The molecule has 2 unspecified atom stereocenters. The van der Waals surface area contributed by atoms with Crippen molar-refractivity contribution in [1.82, 2.24) is 9.97 Å². The predicted molar refractivity (Wildman–Crippen MR) is 147 cm³/mol. The molecule has 0 aliphatic carbocycles. The fourth-order valence-electron chi connectivity index (χ4n) is 4.51. The molecule has 2 aromatic carbocycles.